The number of nitrogens with zero attached hydrogens (tertiary/aromatic N) is 1. The summed E-state index contributed by atoms with van der Waals surface area (Å²) in [6, 6.07) is 2.27. The number of pyridine rings is 1. The lowest BCUT2D eigenvalue weighted by molar-refractivity contribution is -0.140. The molecule has 1 aromatic carbocycles. The molecule has 136 valence electrons. The number of ether oxygens (including phenoxy) is 3. The van der Waals surface area contributed by atoms with E-state index in [-0.39, 0.29) is 0 Å². The van der Waals surface area contributed by atoms with E-state index in [4.69, 9.17) is 14.2 Å². The Kier molecular flexibility index (Phi) is 5.90. The number of fused-ring (bicyclic) bond motifs is 1. The summed E-state index contributed by atoms with van der Waals surface area (Å²) in [4.78, 5) is 24.0. The minimum atomic E-state index is -1.08. The van der Waals surface area contributed by atoms with Gasteiger partial charge >= 0.3 is 5.97 Å². The molecule has 7 nitrogen and oxygen atoms in total. The standard InChI is InChI=1S/C18H23NO6/c1-5-23-14-10-13-12(15(24-6-2)16(14)25-7-3)8-9-19(17(13)20)11(4)18(21)22/h8-11H,5-7H2,1-4H3,(H,21,22). The van der Waals surface area contributed by atoms with Gasteiger partial charge in [0.05, 0.1) is 25.2 Å². The summed E-state index contributed by atoms with van der Waals surface area (Å²) in [6.45, 7) is 8.17. The van der Waals surface area contributed by atoms with Crippen LogP contribution in [-0.4, -0.2) is 35.5 Å². The maximum atomic E-state index is 12.8. The number of hydrogen-bond acceptors (Lipinski definition) is 5. The van der Waals surface area contributed by atoms with Gasteiger partial charge in [0, 0.05) is 11.6 Å². The van der Waals surface area contributed by atoms with Crippen LogP contribution in [0.2, 0.25) is 0 Å². The van der Waals surface area contributed by atoms with Gasteiger partial charge in [-0.1, -0.05) is 0 Å². The molecule has 0 amide bonds. The van der Waals surface area contributed by atoms with E-state index in [1.165, 1.54) is 17.7 Å². The summed E-state index contributed by atoms with van der Waals surface area (Å²) in [6.07, 6.45) is 1.46. The number of carbonyl (C=O) groups is 1. The highest BCUT2D eigenvalue weighted by Crippen LogP contribution is 2.43. The Balaban J connectivity index is 2.82. The largest absolute Gasteiger partial charge is 0.490 e. The molecule has 0 saturated carbocycles. The zero-order chi connectivity index (χ0) is 18.6. The van der Waals surface area contributed by atoms with Crippen molar-refractivity contribution in [3.8, 4) is 17.2 Å². The van der Waals surface area contributed by atoms with Gasteiger partial charge in [-0.2, -0.15) is 0 Å². The van der Waals surface area contributed by atoms with E-state index in [1.54, 1.807) is 12.1 Å². The predicted octanol–water partition coefficient (Wildman–Crippen LogP) is 2.84. The molecule has 0 aliphatic rings. The first-order valence-electron chi connectivity index (χ1n) is 8.29. The van der Waals surface area contributed by atoms with Crippen molar-refractivity contribution in [2.45, 2.75) is 33.7 Å². The number of carboxylic acid groups (broad SMARTS) is 1. The number of rotatable bonds is 8. The van der Waals surface area contributed by atoms with E-state index in [0.717, 1.165) is 0 Å². The van der Waals surface area contributed by atoms with Crippen molar-refractivity contribution in [1.82, 2.24) is 4.57 Å². The van der Waals surface area contributed by atoms with Crippen molar-refractivity contribution in [3.05, 3.63) is 28.7 Å². The van der Waals surface area contributed by atoms with Gasteiger partial charge in [-0.25, -0.2) is 4.79 Å². The topological polar surface area (TPSA) is 87.0 Å². The molecule has 0 radical (unpaired) electrons. The molecule has 1 aromatic heterocycles. The summed E-state index contributed by atoms with van der Waals surface area (Å²) in [5.41, 5.74) is -0.419. The highest BCUT2D eigenvalue weighted by atomic mass is 16.5. The number of aliphatic carboxylic acids is 1. The van der Waals surface area contributed by atoms with Crippen LogP contribution < -0.4 is 19.8 Å². The second-order valence-corrected chi connectivity index (χ2v) is 5.34. The molecule has 0 aliphatic carbocycles. The molecule has 0 saturated heterocycles. The third kappa shape index (κ3) is 3.55. The Morgan fingerprint density at radius 3 is 2.24 bits per heavy atom. The number of carboxylic acids is 1. The summed E-state index contributed by atoms with van der Waals surface area (Å²) >= 11 is 0. The summed E-state index contributed by atoms with van der Waals surface area (Å²) in [7, 11) is 0. The van der Waals surface area contributed by atoms with Gasteiger partial charge < -0.3 is 23.9 Å². The van der Waals surface area contributed by atoms with Crippen LogP contribution in [0.4, 0.5) is 0 Å². The molecule has 1 unspecified atom stereocenters. The molecule has 1 heterocycles. The second kappa shape index (κ2) is 7.92. The lowest BCUT2D eigenvalue weighted by atomic mass is 10.1. The van der Waals surface area contributed by atoms with Crippen molar-refractivity contribution in [2.24, 2.45) is 0 Å². The Morgan fingerprint density at radius 1 is 1.08 bits per heavy atom. The van der Waals surface area contributed by atoms with Crippen LogP contribution >= 0.6 is 0 Å². The number of aromatic nitrogens is 1. The monoisotopic (exact) mass is 349 g/mol. The predicted molar refractivity (Wildman–Crippen MR) is 94.1 cm³/mol. The van der Waals surface area contributed by atoms with Gasteiger partial charge in [0.2, 0.25) is 5.75 Å². The molecule has 1 atom stereocenters. The van der Waals surface area contributed by atoms with Crippen LogP contribution in [0.25, 0.3) is 10.8 Å². The summed E-state index contributed by atoms with van der Waals surface area (Å²) in [5, 5.41) is 10.1. The molecule has 1 N–H and O–H groups in total. The molecule has 2 rings (SSSR count). The molecule has 25 heavy (non-hydrogen) atoms. The maximum absolute atomic E-state index is 12.8. The summed E-state index contributed by atoms with van der Waals surface area (Å²) in [5.74, 6) is 0.195. The van der Waals surface area contributed by atoms with Gasteiger partial charge in [0.1, 0.15) is 6.04 Å². The van der Waals surface area contributed by atoms with Gasteiger partial charge in [-0.3, -0.25) is 4.79 Å². The average molecular weight is 349 g/mol. The van der Waals surface area contributed by atoms with Crippen molar-refractivity contribution in [3.63, 3.8) is 0 Å². The number of benzene rings is 1. The molecule has 7 heteroatoms. The van der Waals surface area contributed by atoms with E-state index in [1.807, 2.05) is 20.8 Å². The van der Waals surface area contributed by atoms with Crippen molar-refractivity contribution < 1.29 is 24.1 Å². The van der Waals surface area contributed by atoms with Crippen molar-refractivity contribution >= 4 is 16.7 Å². The van der Waals surface area contributed by atoms with Gasteiger partial charge in [-0.05, 0) is 39.8 Å². The molecule has 0 bridgehead atoms. The zero-order valence-electron chi connectivity index (χ0n) is 14.9. The van der Waals surface area contributed by atoms with Crippen LogP contribution in [0.3, 0.4) is 0 Å². The molecule has 0 fully saturated rings. The first-order valence-corrected chi connectivity index (χ1v) is 8.29. The van der Waals surface area contributed by atoms with Crippen molar-refractivity contribution in [1.29, 1.82) is 0 Å². The average Bonchev–Trinajstić information content (AvgIpc) is 2.58. The van der Waals surface area contributed by atoms with Crippen LogP contribution in [0.1, 0.15) is 33.7 Å². The van der Waals surface area contributed by atoms with Gasteiger partial charge in [0.25, 0.3) is 5.56 Å². The highest BCUT2D eigenvalue weighted by Gasteiger charge is 2.22. The maximum Gasteiger partial charge on any atom is 0.326 e. The lowest BCUT2D eigenvalue weighted by Crippen LogP contribution is -2.27. The van der Waals surface area contributed by atoms with Crippen LogP contribution in [-0.2, 0) is 4.79 Å². The van der Waals surface area contributed by atoms with E-state index in [9.17, 15) is 14.7 Å². The van der Waals surface area contributed by atoms with E-state index < -0.39 is 17.6 Å². The minimum absolute atomic E-state index is 0.325. The smallest absolute Gasteiger partial charge is 0.326 e. The Labute approximate surface area is 145 Å². The molecule has 0 aliphatic heterocycles. The third-order valence-electron chi connectivity index (χ3n) is 3.76. The first-order chi connectivity index (χ1) is 12.0. The van der Waals surface area contributed by atoms with Gasteiger partial charge in [-0.15, -0.1) is 0 Å². The van der Waals surface area contributed by atoms with Crippen LogP contribution in [0.5, 0.6) is 17.2 Å². The highest BCUT2D eigenvalue weighted by molar-refractivity contribution is 5.92. The Morgan fingerprint density at radius 2 is 1.68 bits per heavy atom. The zero-order valence-corrected chi connectivity index (χ0v) is 14.9. The van der Waals surface area contributed by atoms with Crippen molar-refractivity contribution in [2.75, 3.05) is 19.8 Å². The fourth-order valence-electron chi connectivity index (χ4n) is 2.59. The normalized spacial score (nSPS) is 12.0. The summed E-state index contributed by atoms with van der Waals surface area (Å²) < 4.78 is 18.2. The molecule has 0 spiro atoms. The second-order valence-electron chi connectivity index (χ2n) is 5.34. The van der Waals surface area contributed by atoms with Crippen LogP contribution in [0, 0.1) is 0 Å². The third-order valence-corrected chi connectivity index (χ3v) is 3.76. The van der Waals surface area contributed by atoms with Gasteiger partial charge in [0.15, 0.2) is 11.5 Å². The Hall–Kier alpha value is -2.70. The van der Waals surface area contributed by atoms with E-state index >= 15 is 0 Å². The molecule has 2 aromatic rings. The van der Waals surface area contributed by atoms with E-state index in [0.29, 0.717) is 47.8 Å². The fraction of sp³-hybridized carbons (Fsp3) is 0.444. The fourth-order valence-corrected chi connectivity index (χ4v) is 2.59. The lowest BCUT2D eigenvalue weighted by Gasteiger charge is -2.19. The minimum Gasteiger partial charge on any atom is -0.490 e. The molecular weight excluding hydrogens is 326 g/mol. The Bertz CT molecular complexity index is 826. The SMILES string of the molecule is CCOc1cc2c(=O)n(C(C)C(=O)O)ccc2c(OCC)c1OCC. The molecular formula is C18H23NO6. The van der Waals surface area contributed by atoms with E-state index in [2.05, 4.69) is 0 Å². The van der Waals surface area contributed by atoms with Crippen LogP contribution in [0.15, 0.2) is 23.1 Å². The number of hydrogen-bond donors (Lipinski definition) is 1. The quantitative estimate of drug-likeness (QED) is 0.788. The first kappa shape index (κ1) is 18.6.